The molecule has 0 bridgehead atoms. The Morgan fingerprint density at radius 1 is 1.47 bits per heavy atom. The average molecular weight is 343 g/mol. The van der Waals surface area contributed by atoms with Crippen LogP contribution in [0, 0.1) is 5.82 Å². The van der Waals surface area contributed by atoms with Crippen LogP contribution in [0.2, 0.25) is 0 Å². The maximum Gasteiger partial charge on any atom is 0.261 e. The number of benzene rings is 1. The molecule has 3 nitrogen and oxygen atoms in total. The molecule has 0 spiro atoms. The van der Waals surface area contributed by atoms with Gasteiger partial charge in [-0.25, -0.2) is 9.37 Å². The summed E-state index contributed by atoms with van der Waals surface area (Å²) in [5, 5.41) is 4.97. The van der Waals surface area contributed by atoms with Gasteiger partial charge < -0.3 is 0 Å². The standard InChI is InChI=1S/C13H12BrFN2OS/c1-7(2)10-6-19-13(16-10)17-12(18)11-8(14)4-3-5-9(11)15/h3-7H,1-2H3,(H,16,17,18). The van der Waals surface area contributed by atoms with E-state index in [-0.39, 0.29) is 5.56 Å². The number of nitrogens with zero attached hydrogens (tertiary/aromatic N) is 1. The Kier molecular flexibility index (Phi) is 4.31. The molecule has 1 amide bonds. The summed E-state index contributed by atoms with van der Waals surface area (Å²) in [7, 11) is 0. The second-order valence-electron chi connectivity index (χ2n) is 4.28. The number of halogens is 2. The van der Waals surface area contributed by atoms with Gasteiger partial charge in [-0.3, -0.25) is 10.1 Å². The van der Waals surface area contributed by atoms with E-state index in [4.69, 9.17) is 0 Å². The van der Waals surface area contributed by atoms with Crippen LogP contribution in [0.25, 0.3) is 0 Å². The lowest BCUT2D eigenvalue weighted by molar-refractivity contribution is 0.102. The van der Waals surface area contributed by atoms with Crippen molar-refractivity contribution in [1.29, 1.82) is 0 Å². The first kappa shape index (κ1) is 14.1. The van der Waals surface area contributed by atoms with Gasteiger partial charge in [-0.2, -0.15) is 0 Å². The van der Waals surface area contributed by atoms with Gasteiger partial charge in [-0.05, 0) is 34.0 Å². The van der Waals surface area contributed by atoms with E-state index in [0.29, 0.717) is 15.5 Å². The Hall–Kier alpha value is -1.27. The molecular weight excluding hydrogens is 331 g/mol. The number of rotatable bonds is 3. The average Bonchev–Trinajstić information content (AvgIpc) is 2.77. The van der Waals surface area contributed by atoms with E-state index >= 15 is 0 Å². The number of hydrogen-bond donors (Lipinski definition) is 1. The molecule has 2 aromatic rings. The van der Waals surface area contributed by atoms with Crippen LogP contribution in [-0.2, 0) is 0 Å². The van der Waals surface area contributed by atoms with Crippen molar-refractivity contribution in [3.05, 3.63) is 45.1 Å². The molecule has 1 aromatic carbocycles. The summed E-state index contributed by atoms with van der Waals surface area (Å²) in [4.78, 5) is 16.3. The minimum Gasteiger partial charge on any atom is -0.298 e. The molecule has 6 heteroatoms. The summed E-state index contributed by atoms with van der Waals surface area (Å²) < 4.78 is 14.1. The molecule has 100 valence electrons. The molecule has 0 saturated heterocycles. The van der Waals surface area contributed by atoms with Crippen molar-refractivity contribution in [3.63, 3.8) is 0 Å². The third kappa shape index (κ3) is 3.19. The van der Waals surface area contributed by atoms with Crippen molar-refractivity contribution in [2.24, 2.45) is 0 Å². The van der Waals surface area contributed by atoms with Gasteiger partial charge in [-0.1, -0.05) is 19.9 Å². The van der Waals surface area contributed by atoms with Crippen LogP contribution in [-0.4, -0.2) is 10.9 Å². The lowest BCUT2D eigenvalue weighted by Crippen LogP contribution is -2.14. The predicted molar refractivity (Wildman–Crippen MR) is 78.3 cm³/mol. The number of hydrogen-bond acceptors (Lipinski definition) is 3. The Labute approximate surface area is 123 Å². The molecule has 0 aliphatic rings. The quantitative estimate of drug-likeness (QED) is 0.896. The maximum absolute atomic E-state index is 13.6. The zero-order chi connectivity index (χ0) is 14.0. The normalized spacial score (nSPS) is 10.8. The summed E-state index contributed by atoms with van der Waals surface area (Å²) >= 11 is 4.50. The van der Waals surface area contributed by atoms with Crippen molar-refractivity contribution in [2.45, 2.75) is 19.8 Å². The third-order valence-corrected chi connectivity index (χ3v) is 3.96. The molecule has 1 N–H and O–H groups in total. The second-order valence-corrected chi connectivity index (χ2v) is 6.00. The van der Waals surface area contributed by atoms with Crippen molar-refractivity contribution >= 4 is 38.3 Å². The van der Waals surface area contributed by atoms with Gasteiger partial charge in [0.2, 0.25) is 0 Å². The van der Waals surface area contributed by atoms with Gasteiger partial charge in [0.15, 0.2) is 5.13 Å². The zero-order valence-corrected chi connectivity index (χ0v) is 12.8. The Morgan fingerprint density at radius 3 is 2.79 bits per heavy atom. The molecule has 0 aliphatic carbocycles. The molecule has 0 unspecified atom stereocenters. The topological polar surface area (TPSA) is 42.0 Å². The van der Waals surface area contributed by atoms with Crippen molar-refractivity contribution in [2.75, 3.05) is 5.32 Å². The van der Waals surface area contributed by atoms with E-state index < -0.39 is 11.7 Å². The summed E-state index contributed by atoms with van der Waals surface area (Å²) in [5.41, 5.74) is 0.900. The smallest absolute Gasteiger partial charge is 0.261 e. The number of amides is 1. The number of thiazole rings is 1. The lowest BCUT2D eigenvalue weighted by atomic mass is 10.2. The largest absolute Gasteiger partial charge is 0.298 e. The summed E-state index contributed by atoms with van der Waals surface area (Å²) in [5.74, 6) is -0.774. The molecule has 2 rings (SSSR count). The molecule has 0 aliphatic heterocycles. The number of nitrogens with one attached hydrogen (secondary N) is 1. The van der Waals surface area contributed by atoms with Crippen LogP contribution in [0.5, 0.6) is 0 Å². The molecule has 19 heavy (non-hydrogen) atoms. The first-order chi connectivity index (χ1) is 8.99. The van der Waals surface area contributed by atoms with Crippen LogP contribution in [0.4, 0.5) is 9.52 Å². The number of anilines is 1. The Morgan fingerprint density at radius 2 is 2.21 bits per heavy atom. The first-order valence-corrected chi connectivity index (χ1v) is 7.37. The van der Waals surface area contributed by atoms with Gasteiger partial charge in [0, 0.05) is 9.85 Å². The van der Waals surface area contributed by atoms with Crippen LogP contribution >= 0.6 is 27.3 Å². The van der Waals surface area contributed by atoms with Gasteiger partial charge in [0.25, 0.3) is 5.91 Å². The van der Waals surface area contributed by atoms with Crippen LogP contribution in [0.1, 0.15) is 35.8 Å². The van der Waals surface area contributed by atoms with E-state index in [2.05, 4.69) is 26.2 Å². The minimum atomic E-state index is -0.562. The van der Waals surface area contributed by atoms with E-state index in [1.807, 2.05) is 19.2 Å². The Balaban J connectivity index is 2.21. The van der Waals surface area contributed by atoms with Crippen molar-refractivity contribution < 1.29 is 9.18 Å². The van der Waals surface area contributed by atoms with E-state index in [9.17, 15) is 9.18 Å². The van der Waals surface area contributed by atoms with Crippen molar-refractivity contribution in [1.82, 2.24) is 4.98 Å². The molecular formula is C13H12BrFN2OS. The molecule has 0 atom stereocenters. The Bertz CT molecular complexity index is 592. The SMILES string of the molecule is CC(C)c1csc(NC(=O)c2c(F)cccc2Br)n1. The highest BCUT2D eigenvalue weighted by Gasteiger charge is 2.17. The highest BCUT2D eigenvalue weighted by molar-refractivity contribution is 9.10. The van der Waals surface area contributed by atoms with Crippen molar-refractivity contribution in [3.8, 4) is 0 Å². The summed E-state index contributed by atoms with van der Waals surface area (Å²) in [6.07, 6.45) is 0. The lowest BCUT2D eigenvalue weighted by Gasteiger charge is -2.05. The minimum absolute atomic E-state index is 0.0104. The monoisotopic (exact) mass is 342 g/mol. The molecule has 0 radical (unpaired) electrons. The van der Waals surface area contributed by atoms with E-state index in [0.717, 1.165) is 5.69 Å². The fraction of sp³-hybridized carbons (Fsp3) is 0.231. The number of carbonyl (C=O) groups excluding carboxylic acids is 1. The summed E-state index contributed by atoms with van der Waals surface area (Å²) in [6, 6.07) is 4.41. The predicted octanol–water partition coefficient (Wildman–Crippen LogP) is 4.42. The van der Waals surface area contributed by atoms with Gasteiger partial charge >= 0.3 is 0 Å². The molecule has 0 saturated carbocycles. The van der Waals surface area contributed by atoms with E-state index in [1.54, 1.807) is 6.07 Å². The van der Waals surface area contributed by atoms with Crippen LogP contribution < -0.4 is 5.32 Å². The highest BCUT2D eigenvalue weighted by atomic mass is 79.9. The van der Waals surface area contributed by atoms with Gasteiger partial charge in [0.1, 0.15) is 5.82 Å². The van der Waals surface area contributed by atoms with Gasteiger partial charge in [0.05, 0.1) is 11.3 Å². The van der Waals surface area contributed by atoms with Crippen LogP contribution in [0.15, 0.2) is 28.1 Å². The molecule has 1 heterocycles. The number of carbonyl (C=O) groups is 1. The van der Waals surface area contributed by atoms with Crippen LogP contribution in [0.3, 0.4) is 0 Å². The fourth-order valence-electron chi connectivity index (χ4n) is 1.48. The van der Waals surface area contributed by atoms with Gasteiger partial charge in [-0.15, -0.1) is 11.3 Å². The molecule has 0 fully saturated rings. The second kappa shape index (κ2) is 5.79. The third-order valence-electron chi connectivity index (χ3n) is 2.52. The highest BCUT2D eigenvalue weighted by Crippen LogP contribution is 2.24. The zero-order valence-electron chi connectivity index (χ0n) is 10.4. The number of aromatic nitrogens is 1. The fourth-order valence-corrected chi connectivity index (χ4v) is 2.87. The first-order valence-electron chi connectivity index (χ1n) is 5.70. The van der Waals surface area contributed by atoms with E-state index in [1.165, 1.54) is 23.5 Å². The summed E-state index contributed by atoms with van der Waals surface area (Å²) in [6.45, 7) is 4.04. The molecule has 1 aromatic heterocycles. The maximum atomic E-state index is 13.6.